The second kappa shape index (κ2) is 9.70. The fourth-order valence-electron chi connectivity index (χ4n) is 4.14. The number of nitrogens with one attached hydrogen (secondary N) is 3. The Morgan fingerprint density at radius 3 is 2.83 bits per heavy atom. The number of nitrogens with zero attached hydrogens (tertiary/aromatic N) is 2. The van der Waals surface area contributed by atoms with Gasteiger partial charge in [0.05, 0.1) is 53.4 Å². The van der Waals surface area contributed by atoms with Gasteiger partial charge in [-0.05, 0) is 30.0 Å². The summed E-state index contributed by atoms with van der Waals surface area (Å²) in [4.78, 5) is 16.4. The van der Waals surface area contributed by atoms with E-state index in [1.165, 1.54) is 0 Å². The molecule has 0 saturated carbocycles. The van der Waals surface area contributed by atoms with Crippen LogP contribution in [0.2, 0.25) is 0 Å². The normalized spacial score (nSPS) is 21.1. The lowest BCUT2D eigenvalue weighted by molar-refractivity contribution is -0.139. The molecule has 2 atom stereocenters. The molecule has 0 aliphatic carbocycles. The molecule has 2 aromatic heterocycles. The van der Waals surface area contributed by atoms with Crippen molar-refractivity contribution in [2.45, 2.75) is 37.8 Å². The van der Waals surface area contributed by atoms with Gasteiger partial charge in [0.2, 0.25) is 17.6 Å². The highest BCUT2D eigenvalue weighted by atomic mass is 32.1. The number of piperidine rings is 1. The molecule has 0 spiro atoms. The average molecular weight is 514 g/mol. The number of carbonyl (C=O) groups is 1. The van der Waals surface area contributed by atoms with Crippen LogP contribution >= 0.6 is 11.3 Å². The Morgan fingerprint density at radius 2 is 2.11 bits per heavy atom. The Bertz CT molecular complexity index is 1210. The largest absolute Gasteiger partial charge is 0.393 e. The standard InChI is InChI=1S/C22H23F4N5O3S/c23-14-7-27-5-4-15(14)29-16-3-1-2-12-13(6-22(24,25)26)19(35-18(12)16)20-30-17(34-31-20)8-28-21(32)11-9-33-10-11/h1-3,11,14-15,27,29H,4-10H2,(H,28,32)/t14-,15+/m0/s1. The number of hydrogen-bond acceptors (Lipinski definition) is 8. The minimum atomic E-state index is -4.46. The van der Waals surface area contributed by atoms with Crippen molar-refractivity contribution in [3.63, 3.8) is 0 Å². The van der Waals surface area contributed by atoms with E-state index in [0.29, 0.717) is 42.0 Å². The first kappa shape index (κ1) is 23.9. The molecule has 5 rings (SSSR count). The molecule has 0 radical (unpaired) electrons. The minimum absolute atomic E-state index is 0.0119. The molecule has 8 nitrogen and oxygen atoms in total. The number of amides is 1. The maximum atomic E-state index is 14.4. The summed E-state index contributed by atoms with van der Waals surface area (Å²) < 4.78 is 65.6. The van der Waals surface area contributed by atoms with Crippen LogP contribution in [0.1, 0.15) is 17.9 Å². The van der Waals surface area contributed by atoms with Gasteiger partial charge in [0.25, 0.3) is 0 Å². The van der Waals surface area contributed by atoms with E-state index in [4.69, 9.17) is 9.26 Å². The summed E-state index contributed by atoms with van der Waals surface area (Å²) in [6, 6.07) is 4.55. The molecule has 3 N–H and O–H groups in total. The third-order valence-electron chi connectivity index (χ3n) is 6.04. The molecule has 0 bridgehead atoms. The lowest BCUT2D eigenvalue weighted by Crippen LogP contribution is -2.45. The zero-order chi connectivity index (χ0) is 24.6. The van der Waals surface area contributed by atoms with E-state index in [0.717, 1.165) is 11.3 Å². The van der Waals surface area contributed by atoms with E-state index < -0.39 is 24.8 Å². The second-order valence-corrected chi connectivity index (χ2v) is 9.63. The minimum Gasteiger partial charge on any atom is -0.380 e. The number of thiophene rings is 1. The number of alkyl halides is 4. The summed E-state index contributed by atoms with van der Waals surface area (Å²) in [5, 5.41) is 13.1. The summed E-state index contributed by atoms with van der Waals surface area (Å²) in [5.41, 5.74) is 0.599. The number of anilines is 1. The van der Waals surface area contributed by atoms with Crippen molar-refractivity contribution in [3.05, 3.63) is 29.7 Å². The first-order valence-corrected chi connectivity index (χ1v) is 12.0. The van der Waals surface area contributed by atoms with Crippen LogP contribution in [0.25, 0.3) is 20.8 Å². The van der Waals surface area contributed by atoms with E-state index in [-0.39, 0.29) is 47.1 Å². The lowest BCUT2D eigenvalue weighted by atomic mass is 10.0. The molecule has 35 heavy (non-hydrogen) atoms. The Hall–Kier alpha value is -2.77. The Kier molecular flexibility index (Phi) is 6.64. The Balaban J connectivity index is 1.45. The first-order chi connectivity index (χ1) is 16.8. The molecule has 1 aromatic carbocycles. The molecule has 4 heterocycles. The van der Waals surface area contributed by atoms with Gasteiger partial charge in [0.1, 0.15) is 6.17 Å². The topological polar surface area (TPSA) is 101 Å². The van der Waals surface area contributed by atoms with Gasteiger partial charge in [0, 0.05) is 6.54 Å². The van der Waals surface area contributed by atoms with Crippen LogP contribution in [0.5, 0.6) is 0 Å². The van der Waals surface area contributed by atoms with E-state index >= 15 is 0 Å². The van der Waals surface area contributed by atoms with Crippen molar-refractivity contribution < 1.29 is 31.6 Å². The summed E-state index contributed by atoms with van der Waals surface area (Å²) in [7, 11) is 0. The van der Waals surface area contributed by atoms with Gasteiger partial charge in [-0.25, -0.2) is 4.39 Å². The first-order valence-electron chi connectivity index (χ1n) is 11.2. The van der Waals surface area contributed by atoms with E-state index in [9.17, 15) is 22.4 Å². The summed E-state index contributed by atoms with van der Waals surface area (Å²) >= 11 is 1.10. The van der Waals surface area contributed by atoms with Crippen molar-refractivity contribution in [1.82, 2.24) is 20.8 Å². The highest BCUT2D eigenvalue weighted by molar-refractivity contribution is 7.23. The van der Waals surface area contributed by atoms with Crippen molar-refractivity contribution >= 4 is 33.0 Å². The van der Waals surface area contributed by atoms with Crippen LogP contribution in [0.4, 0.5) is 23.2 Å². The summed E-state index contributed by atoms with van der Waals surface area (Å²) in [6.07, 6.45) is -6.20. The molecular formula is C22H23F4N5O3S. The predicted molar refractivity (Wildman–Crippen MR) is 121 cm³/mol. The lowest BCUT2D eigenvalue weighted by Gasteiger charge is -2.28. The highest BCUT2D eigenvalue weighted by Crippen LogP contribution is 2.43. The number of benzene rings is 1. The molecule has 3 aromatic rings. The predicted octanol–water partition coefficient (Wildman–Crippen LogP) is 3.43. The van der Waals surface area contributed by atoms with Gasteiger partial charge in [-0.3, -0.25) is 4.79 Å². The van der Waals surface area contributed by atoms with Crippen LogP contribution in [-0.2, 0) is 22.5 Å². The third-order valence-corrected chi connectivity index (χ3v) is 7.32. The van der Waals surface area contributed by atoms with Gasteiger partial charge in [-0.1, -0.05) is 17.3 Å². The van der Waals surface area contributed by atoms with Gasteiger partial charge < -0.3 is 25.2 Å². The zero-order valence-electron chi connectivity index (χ0n) is 18.5. The van der Waals surface area contributed by atoms with E-state index in [1.807, 2.05) is 0 Å². The quantitative estimate of drug-likeness (QED) is 0.416. The molecule has 2 saturated heterocycles. The molecule has 1 amide bonds. The molecule has 2 aliphatic rings. The number of carbonyl (C=O) groups excluding carboxylic acids is 1. The fraction of sp³-hybridized carbons (Fsp3) is 0.500. The van der Waals surface area contributed by atoms with Crippen LogP contribution in [0.15, 0.2) is 22.7 Å². The number of hydrogen-bond donors (Lipinski definition) is 3. The van der Waals surface area contributed by atoms with Crippen molar-refractivity contribution in [2.75, 3.05) is 31.6 Å². The van der Waals surface area contributed by atoms with Crippen LogP contribution < -0.4 is 16.0 Å². The average Bonchev–Trinajstić information content (AvgIpc) is 3.37. The number of aromatic nitrogens is 2. The third kappa shape index (κ3) is 5.26. The monoisotopic (exact) mass is 513 g/mol. The van der Waals surface area contributed by atoms with Crippen LogP contribution in [0, 0.1) is 5.92 Å². The summed E-state index contributed by atoms with van der Waals surface area (Å²) in [6.45, 7) is 1.53. The maximum Gasteiger partial charge on any atom is 0.393 e. The van der Waals surface area contributed by atoms with Gasteiger partial charge in [0.15, 0.2) is 0 Å². The molecule has 0 unspecified atom stereocenters. The number of halogens is 4. The molecule has 2 fully saturated rings. The Labute approximate surface area is 201 Å². The molecule has 188 valence electrons. The molecular weight excluding hydrogens is 490 g/mol. The highest BCUT2D eigenvalue weighted by Gasteiger charge is 2.33. The summed E-state index contributed by atoms with van der Waals surface area (Å²) in [5.74, 6) is -0.348. The maximum absolute atomic E-state index is 14.4. The number of rotatable bonds is 7. The van der Waals surface area contributed by atoms with Crippen LogP contribution in [-0.4, -0.2) is 60.7 Å². The van der Waals surface area contributed by atoms with Crippen molar-refractivity contribution in [2.24, 2.45) is 5.92 Å². The van der Waals surface area contributed by atoms with Crippen LogP contribution in [0.3, 0.4) is 0 Å². The van der Waals surface area contributed by atoms with E-state index in [2.05, 4.69) is 26.1 Å². The van der Waals surface area contributed by atoms with Gasteiger partial charge >= 0.3 is 6.18 Å². The fourth-order valence-corrected chi connectivity index (χ4v) is 5.36. The van der Waals surface area contributed by atoms with Crippen molar-refractivity contribution in [1.29, 1.82) is 0 Å². The Morgan fingerprint density at radius 1 is 1.29 bits per heavy atom. The number of fused-ring (bicyclic) bond motifs is 1. The van der Waals surface area contributed by atoms with E-state index in [1.54, 1.807) is 18.2 Å². The smallest absolute Gasteiger partial charge is 0.380 e. The molecule has 13 heteroatoms. The SMILES string of the molecule is O=C(NCc1nc(-c2sc3c(N[C@@H]4CCNC[C@@H]4F)cccc3c2CC(F)(F)F)no1)C1COC1. The second-order valence-electron chi connectivity index (χ2n) is 8.61. The van der Waals surface area contributed by atoms with Gasteiger partial charge in [-0.2, -0.15) is 18.2 Å². The molecule has 2 aliphatic heterocycles. The van der Waals surface area contributed by atoms with Crippen molar-refractivity contribution in [3.8, 4) is 10.7 Å². The number of ether oxygens (including phenoxy) is 1. The van der Waals surface area contributed by atoms with Gasteiger partial charge in [-0.15, -0.1) is 11.3 Å². The zero-order valence-corrected chi connectivity index (χ0v) is 19.3.